The van der Waals surface area contributed by atoms with Gasteiger partial charge in [-0.25, -0.2) is 0 Å². The van der Waals surface area contributed by atoms with Gasteiger partial charge in [-0.15, -0.1) is 0 Å². The molecule has 1 aromatic carbocycles. The number of rotatable bonds is 7. The first-order chi connectivity index (χ1) is 12.2. The summed E-state index contributed by atoms with van der Waals surface area (Å²) >= 11 is 0. The maximum Gasteiger partial charge on any atom is 0.252 e. The summed E-state index contributed by atoms with van der Waals surface area (Å²) in [6, 6.07) is 9.81. The second-order valence-corrected chi connectivity index (χ2v) is 6.11. The van der Waals surface area contributed by atoms with Gasteiger partial charge in [0.15, 0.2) is 5.82 Å². The van der Waals surface area contributed by atoms with Crippen LogP contribution in [0.25, 0.3) is 0 Å². The molecule has 1 aliphatic rings. The van der Waals surface area contributed by atoms with Crippen LogP contribution in [0.3, 0.4) is 0 Å². The van der Waals surface area contributed by atoms with Crippen molar-refractivity contribution < 1.29 is 18.8 Å². The van der Waals surface area contributed by atoms with E-state index in [0.717, 1.165) is 24.9 Å². The van der Waals surface area contributed by atoms with Crippen LogP contribution in [0.2, 0.25) is 0 Å². The van der Waals surface area contributed by atoms with Gasteiger partial charge in [0.1, 0.15) is 13.2 Å². The monoisotopic (exact) mass is 345 g/mol. The molecule has 134 valence electrons. The van der Waals surface area contributed by atoms with E-state index in [1.54, 1.807) is 7.11 Å². The Bertz CT molecular complexity index is 674. The van der Waals surface area contributed by atoms with Crippen LogP contribution in [0, 0.1) is 0 Å². The summed E-state index contributed by atoms with van der Waals surface area (Å²) in [4.78, 5) is 18.5. The summed E-state index contributed by atoms with van der Waals surface area (Å²) in [7, 11) is 1.57. The Hall–Kier alpha value is -2.25. The van der Waals surface area contributed by atoms with Gasteiger partial charge in [0.25, 0.3) is 5.89 Å². The molecule has 0 saturated carbocycles. The Morgan fingerprint density at radius 2 is 2.16 bits per heavy atom. The second-order valence-electron chi connectivity index (χ2n) is 6.11. The molecule has 7 nitrogen and oxygen atoms in total. The SMILES string of the molecule is COCc1nc(COC2CCCN(C(=O)Cc3ccccc3)C2)no1. The van der Waals surface area contributed by atoms with Crippen LogP contribution < -0.4 is 0 Å². The topological polar surface area (TPSA) is 77.7 Å². The molecule has 1 amide bonds. The van der Waals surface area contributed by atoms with Crippen LogP contribution in [0.5, 0.6) is 0 Å². The van der Waals surface area contributed by atoms with Gasteiger partial charge in [-0.2, -0.15) is 4.98 Å². The normalized spacial score (nSPS) is 17.6. The number of methoxy groups -OCH3 is 1. The molecule has 1 saturated heterocycles. The molecule has 0 N–H and O–H groups in total. The van der Waals surface area contributed by atoms with Crippen molar-refractivity contribution in [3.8, 4) is 0 Å². The standard InChI is InChI=1S/C18H23N3O4/c1-23-13-17-19-16(20-25-17)12-24-15-8-5-9-21(11-15)18(22)10-14-6-3-2-4-7-14/h2-4,6-7,15H,5,8-13H2,1H3. The van der Waals surface area contributed by atoms with Crippen molar-refractivity contribution in [2.24, 2.45) is 0 Å². The Balaban J connectivity index is 1.48. The van der Waals surface area contributed by atoms with Crippen molar-refractivity contribution in [1.29, 1.82) is 0 Å². The van der Waals surface area contributed by atoms with E-state index in [4.69, 9.17) is 14.0 Å². The van der Waals surface area contributed by atoms with E-state index in [2.05, 4.69) is 10.1 Å². The molecular formula is C18H23N3O4. The predicted molar refractivity (Wildman–Crippen MR) is 89.5 cm³/mol. The Morgan fingerprint density at radius 3 is 2.96 bits per heavy atom. The maximum atomic E-state index is 12.5. The van der Waals surface area contributed by atoms with Gasteiger partial charge in [-0.1, -0.05) is 35.5 Å². The Labute approximate surface area is 146 Å². The van der Waals surface area contributed by atoms with Crippen molar-refractivity contribution in [2.45, 2.75) is 38.6 Å². The van der Waals surface area contributed by atoms with E-state index in [-0.39, 0.29) is 25.2 Å². The fourth-order valence-corrected chi connectivity index (χ4v) is 2.91. The van der Waals surface area contributed by atoms with Crippen molar-refractivity contribution in [1.82, 2.24) is 15.0 Å². The van der Waals surface area contributed by atoms with Crippen molar-refractivity contribution in [3.63, 3.8) is 0 Å². The van der Waals surface area contributed by atoms with E-state index in [9.17, 15) is 4.79 Å². The molecule has 0 bridgehead atoms. The van der Waals surface area contributed by atoms with E-state index >= 15 is 0 Å². The third-order valence-corrected chi connectivity index (χ3v) is 4.16. The first-order valence-corrected chi connectivity index (χ1v) is 8.48. The average molecular weight is 345 g/mol. The van der Waals surface area contributed by atoms with E-state index in [0.29, 0.717) is 24.7 Å². The first kappa shape index (κ1) is 17.6. The number of aromatic nitrogens is 2. The second kappa shape index (κ2) is 8.73. The molecule has 0 aliphatic carbocycles. The summed E-state index contributed by atoms with van der Waals surface area (Å²) in [5.74, 6) is 1.07. The van der Waals surface area contributed by atoms with Gasteiger partial charge in [0, 0.05) is 20.2 Å². The number of benzene rings is 1. The molecule has 25 heavy (non-hydrogen) atoms. The summed E-state index contributed by atoms with van der Waals surface area (Å²) in [5.41, 5.74) is 1.04. The maximum absolute atomic E-state index is 12.5. The number of nitrogens with zero attached hydrogens (tertiary/aromatic N) is 3. The third-order valence-electron chi connectivity index (χ3n) is 4.16. The molecule has 1 aromatic heterocycles. The minimum Gasteiger partial charge on any atom is -0.375 e. The first-order valence-electron chi connectivity index (χ1n) is 8.48. The number of ether oxygens (including phenoxy) is 2. The van der Waals surface area contributed by atoms with Gasteiger partial charge < -0.3 is 18.9 Å². The number of hydrogen-bond acceptors (Lipinski definition) is 6. The quantitative estimate of drug-likeness (QED) is 0.763. The fourth-order valence-electron chi connectivity index (χ4n) is 2.91. The van der Waals surface area contributed by atoms with Crippen molar-refractivity contribution in [3.05, 3.63) is 47.6 Å². The van der Waals surface area contributed by atoms with Gasteiger partial charge in [-0.05, 0) is 18.4 Å². The molecule has 1 atom stereocenters. The number of likely N-dealkylation sites (tertiary alicyclic amines) is 1. The number of piperidine rings is 1. The highest BCUT2D eigenvalue weighted by molar-refractivity contribution is 5.78. The van der Waals surface area contributed by atoms with Crippen LogP contribution in [-0.4, -0.2) is 47.3 Å². The van der Waals surface area contributed by atoms with Gasteiger partial charge >= 0.3 is 0 Å². The predicted octanol–water partition coefficient (Wildman–Crippen LogP) is 1.97. The van der Waals surface area contributed by atoms with Crippen molar-refractivity contribution >= 4 is 5.91 Å². The van der Waals surface area contributed by atoms with Crippen LogP contribution in [0.4, 0.5) is 0 Å². The molecule has 3 rings (SSSR count). The van der Waals surface area contributed by atoms with Gasteiger partial charge in [0.2, 0.25) is 5.91 Å². The minimum atomic E-state index is -0.00199. The molecule has 1 unspecified atom stereocenters. The zero-order valence-corrected chi connectivity index (χ0v) is 14.4. The molecule has 0 radical (unpaired) electrons. The molecule has 1 fully saturated rings. The molecule has 1 aliphatic heterocycles. The molecular weight excluding hydrogens is 322 g/mol. The van der Waals surface area contributed by atoms with Crippen LogP contribution in [-0.2, 0) is 33.9 Å². The minimum absolute atomic E-state index is 0.00199. The van der Waals surface area contributed by atoms with Gasteiger partial charge in [-0.3, -0.25) is 4.79 Å². The lowest BCUT2D eigenvalue weighted by Gasteiger charge is -2.32. The molecule has 2 heterocycles. The number of amides is 1. The molecule has 7 heteroatoms. The van der Waals surface area contributed by atoms with Crippen LogP contribution in [0.1, 0.15) is 30.1 Å². The smallest absolute Gasteiger partial charge is 0.252 e. The summed E-state index contributed by atoms with van der Waals surface area (Å²) in [6.45, 7) is 1.96. The highest BCUT2D eigenvalue weighted by Crippen LogP contribution is 2.16. The zero-order valence-electron chi connectivity index (χ0n) is 14.4. The number of carbonyl (C=O) groups excluding carboxylic acids is 1. The highest BCUT2D eigenvalue weighted by Gasteiger charge is 2.24. The molecule has 2 aromatic rings. The van der Waals surface area contributed by atoms with E-state index in [1.807, 2.05) is 35.2 Å². The van der Waals surface area contributed by atoms with Crippen LogP contribution >= 0.6 is 0 Å². The number of carbonyl (C=O) groups is 1. The summed E-state index contributed by atoms with van der Waals surface area (Å²) in [5, 5.41) is 3.86. The highest BCUT2D eigenvalue weighted by atomic mass is 16.5. The molecule has 0 spiro atoms. The van der Waals surface area contributed by atoms with E-state index < -0.39 is 0 Å². The number of hydrogen-bond donors (Lipinski definition) is 0. The van der Waals surface area contributed by atoms with Crippen LogP contribution in [0.15, 0.2) is 34.9 Å². The lowest BCUT2D eigenvalue weighted by molar-refractivity contribution is -0.135. The van der Waals surface area contributed by atoms with Crippen molar-refractivity contribution in [2.75, 3.05) is 20.2 Å². The largest absolute Gasteiger partial charge is 0.375 e. The lowest BCUT2D eigenvalue weighted by Crippen LogP contribution is -2.43. The van der Waals surface area contributed by atoms with E-state index in [1.165, 1.54) is 0 Å². The Kier molecular flexibility index (Phi) is 6.14. The van der Waals surface area contributed by atoms with Gasteiger partial charge in [0.05, 0.1) is 12.5 Å². The summed E-state index contributed by atoms with van der Waals surface area (Å²) in [6.07, 6.45) is 2.29. The zero-order chi connectivity index (χ0) is 17.5. The summed E-state index contributed by atoms with van der Waals surface area (Å²) < 4.78 is 15.9. The third kappa shape index (κ3) is 5.11. The average Bonchev–Trinajstić information content (AvgIpc) is 3.09. The lowest BCUT2D eigenvalue weighted by atomic mass is 10.1. The Morgan fingerprint density at radius 1 is 1.32 bits per heavy atom. The fraction of sp³-hybridized carbons (Fsp3) is 0.500.